The van der Waals surface area contributed by atoms with Crippen LogP contribution in [0.5, 0.6) is 0 Å². The maximum Gasteiger partial charge on any atom is 0.314 e. The van der Waals surface area contributed by atoms with Crippen LogP contribution in [0.15, 0.2) is 48.7 Å². The number of aromatic nitrogens is 1. The lowest BCUT2D eigenvalue weighted by Crippen LogP contribution is -2.27. The third-order valence-corrected chi connectivity index (χ3v) is 4.31. The van der Waals surface area contributed by atoms with Gasteiger partial charge >= 0.3 is 5.97 Å². The molecule has 0 aliphatic heterocycles. The summed E-state index contributed by atoms with van der Waals surface area (Å²) in [6, 6.07) is 12.7. The topological polar surface area (TPSA) is 68.3 Å². The molecule has 0 aliphatic rings. The standard InChI is InChI=1S/C19H21ClN2O3/c1-3-13(2)17(14-8-5-4-6-9-14)19(24)25-12-16(23)22-15-10-7-11-21-18(15)20/h4-11,13,17H,3,12H2,1-2H3,(H,22,23)/t13-,17-/m1/s1. The van der Waals surface area contributed by atoms with Crippen LogP contribution in [-0.4, -0.2) is 23.5 Å². The van der Waals surface area contributed by atoms with Crippen molar-refractivity contribution in [1.29, 1.82) is 0 Å². The van der Waals surface area contributed by atoms with Gasteiger partial charge in [0.15, 0.2) is 11.8 Å². The van der Waals surface area contributed by atoms with Crippen molar-refractivity contribution >= 4 is 29.2 Å². The summed E-state index contributed by atoms with van der Waals surface area (Å²) in [5.74, 6) is -1.17. The van der Waals surface area contributed by atoms with Gasteiger partial charge in [0.05, 0.1) is 11.6 Å². The van der Waals surface area contributed by atoms with Crippen LogP contribution in [0.25, 0.3) is 0 Å². The maximum absolute atomic E-state index is 12.5. The lowest BCUT2D eigenvalue weighted by atomic mass is 9.86. The summed E-state index contributed by atoms with van der Waals surface area (Å²) in [5, 5.41) is 2.76. The number of ether oxygens (including phenoxy) is 1. The Balaban J connectivity index is 1.99. The molecule has 0 bridgehead atoms. The molecule has 1 aromatic carbocycles. The highest BCUT2D eigenvalue weighted by Gasteiger charge is 2.27. The minimum atomic E-state index is -0.459. The Morgan fingerprint density at radius 3 is 2.56 bits per heavy atom. The number of anilines is 1. The smallest absolute Gasteiger partial charge is 0.314 e. The van der Waals surface area contributed by atoms with Crippen molar-refractivity contribution in [3.63, 3.8) is 0 Å². The number of hydrogen-bond donors (Lipinski definition) is 1. The molecule has 0 fully saturated rings. The van der Waals surface area contributed by atoms with Gasteiger partial charge in [-0.15, -0.1) is 0 Å². The number of pyridine rings is 1. The average Bonchev–Trinajstić information content (AvgIpc) is 2.63. The van der Waals surface area contributed by atoms with Crippen molar-refractivity contribution < 1.29 is 14.3 Å². The number of carbonyl (C=O) groups excluding carboxylic acids is 2. The van der Waals surface area contributed by atoms with Crippen molar-refractivity contribution in [3.8, 4) is 0 Å². The van der Waals surface area contributed by atoms with Crippen molar-refractivity contribution in [3.05, 3.63) is 59.4 Å². The lowest BCUT2D eigenvalue weighted by molar-refractivity contribution is -0.150. The van der Waals surface area contributed by atoms with E-state index in [0.29, 0.717) is 5.69 Å². The van der Waals surface area contributed by atoms with Gasteiger partial charge in [0.25, 0.3) is 5.91 Å². The molecule has 0 saturated carbocycles. The second-order valence-electron chi connectivity index (χ2n) is 5.77. The summed E-state index contributed by atoms with van der Waals surface area (Å²) in [6.45, 7) is 3.64. The fraction of sp³-hybridized carbons (Fsp3) is 0.316. The molecule has 1 aromatic heterocycles. The third-order valence-electron chi connectivity index (χ3n) is 4.00. The molecule has 1 amide bonds. The zero-order valence-electron chi connectivity index (χ0n) is 14.2. The summed E-state index contributed by atoms with van der Waals surface area (Å²) in [4.78, 5) is 28.4. The molecule has 5 nitrogen and oxygen atoms in total. The first kappa shape index (κ1) is 18.9. The summed E-state index contributed by atoms with van der Waals surface area (Å²) in [5.41, 5.74) is 1.27. The van der Waals surface area contributed by atoms with Crippen molar-refractivity contribution in [2.45, 2.75) is 26.2 Å². The number of benzene rings is 1. The van der Waals surface area contributed by atoms with Crippen LogP contribution in [-0.2, 0) is 14.3 Å². The van der Waals surface area contributed by atoms with E-state index in [0.717, 1.165) is 12.0 Å². The molecule has 25 heavy (non-hydrogen) atoms. The molecule has 2 aromatic rings. The molecule has 0 unspecified atom stereocenters. The SMILES string of the molecule is CC[C@@H](C)[C@@H](C(=O)OCC(=O)Nc1cccnc1Cl)c1ccccc1. The Labute approximate surface area is 152 Å². The van der Waals surface area contributed by atoms with E-state index in [1.807, 2.05) is 44.2 Å². The molecule has 0 aliphatic carbocycles. The van der Waals surface area contributed by atoms with Gasteiger partial charge in [-0.05, 0) is 23.6 Å². The van der Waals surface area contributed by atoms with E-state index in [2.05, 4.69) is 10.3 Å². The highest BCUT2D eigenvalue weighted by Crippen LogP contribution is 2.28. The number of nitrogens with zero attached hydrogens (tertiary/aromatic N) is 1. The number of carbonyl (C=O) groups is 2. The van der Waals surface area contributed by atoms with Gasteiger partial charge in [-0.1, -0.05) is 62.2 Å². The fourth-order valence-corrected chi connectivity index (χ4v) is 2.65. The minimum Gasteiger partial charge on any atom is -0.455 e. The molecule has 0 spiro atoms. The van der Waals surface area contributed by atoms with E-state index < -0.39 is 17.8 Å². The Morgan fingerprint density at radius 2 is 1.92 bits per heavy atom. The van der Waals surface area contributed by atoms with Gasteiger partial charge in [0.1, 0.15) is 0 Å². The second-order valence-corrected chi connectivity index (χ2v) is 6.13. The van der Waals surface area contributed by atoms with Gasteiger partial charge in [-0.25, -0.2) is 4.98 Å². The fourth-order valence-electron chi connectivity index (χ4n) is 2.49. The third kappa shape index (κ3) is 5.29. The second kappa shape index (κ2) is 9.18. The summed E-state index contributed by atoms with van der Waals surface area (Å²) < 4.78 is 5.24. The molecule has 1 heterocycles. The van der Waals surface area contributed by atoms with Crippen LogP contribution in [0.1, 0.15) is 31.7 Å². The Bertz CT molecular complexity index is 722. The number of esters is 1. The molecule has 2 atom stereocenters. The molecule has 132 valence electrons. The van der Waals surface area contributed by atoms with Crippen LogP contribution < -0.4 is 5.32 Å². The number of rotatable bonds is 7. The molecular weight excluding hydrogens is 340 g/mol. The highest BCUT2D eigenvalue weighted by molar-refractivity contribution is 6.32. The summed E-state index contributed by atoms with van der Waals surface area (Å²) in [6.07, 6.45) is 2.35. The average molecular weight is 361 g/mol. The summed E-state index contributed by atoms with van der Waals surface area (Å²) in [7, 11) is 0. The first-order valence-electron chi connectivity index (χ1n) is 8.14. The van der Waals surface area contributed by atoms with E-state index in [4.69, 9.17) is 16.3 Å². The molecule has 1 N–H and O–H groups in total. The molecule has 0 saturated heterocycles. The van der Waals surface area contributed by atoms with Gasteiger partial charge < -0.3 is 10.1 Å². The Kier molecular flexibility index (Phi) is 6.95. The van der Waals surface area contributed by atoms with Crippen molar-refractivity contribution in [2.75, 3.05) is 11.9 Å². The first-order valence-corrected chi connectivity index (χ1v) is 8.52. The number of nitrogens with one attached hydrogen (secondary N) is 1. The van der Waals surface area contributed by atoms with Crippen LogP contribution >= 0.6 is 11.6 Å². The summed E-state index contributed by atoms with van der Waals surface area (Å²) >= 11 is 5.89. The quantitative estimate of drug-likeness (QED) is 0.597. The number of hydrogen-bond acceptors (Lipinski definition) is 4. The van der Waals surface area contributed by atoms with Crippen LogP contribution in [0.4, 0.5) is 5.69 Å². The maximum atomic E-state index is 12.5. The van der Waals surface area contributed by atoms with E-state index in [1.54, 1.807) is 12.1 Å². The van der Waals surface area contributed by atoms with Crippen LogP contribution in [0, 0.1) is 5.92 Å². The van der Waals surface area contributed by atoms with E-state index in [-0.39, 0.29) is 17.7 Å². The number of amides is 1. The van der Waals surface area contributed by atoms with E-state index >= 15 is 0 Å². The highest BCUT2D eigenvalue weighted by atomic mass is 35.5. The predicted octanol–water partition coefficient (Wildman–Crippen LogP) is 4.05. The number of halogens is 1. The van der Waals surface area contributed by atoms with Gasteiger partial charge in [0, 0.05) is 6.20 Å². The minimum absolute atomic E-state index is 0.103. The molecule has 0 radical (unpaired) electrons. The lowest BCUT2D eigenvalue weighted by Gasteiger charge is -2.21. The molecular formula is C19H21ClN2O3. The molecule has 6 heteroatoms. The molecule has 2 rings (SSSR count). The van der Waals surface area contributed by atoms with Gasteiger partial charge in [-0.2, -0.15) is 0 Å². The zero-order chi connectivity index (χ0) is 18.2. The monoisotopic (exact) mass is 360 g/mol. The largest absolute Gasteiger partial charge is 0.455 e. The predicted molar refractivity (Wildman–Crippen MR) is 97.5 cm³/mol. The van der Waals surface area contributed by atoms with Gasteiger partial charge in [0.2, 0.25) is 0 Å². The zero-order valence-corrected chi connectivity index (χ0v) is 15.0. The van der Waals surface area contributed by atoms with Crippen molar-refractivity contribution in [1.82, 2.24) is 4.98 Å². The first-order chi connectivity index (χ1) is 12.0. The van der Waals surface area contributed by atoms with E-state index in [1.165, 1.54) is 6.20 Å². The van der Waals surface area contributed by atoms with Crippen LogP contribution in [0.2, 0.25) is 5.15 Å². The van der Waals surface area contributed by atoms with Gasteiger partial charge in [-0.3, -0.25) is 9.59 Å². The Hall–Kier alpha value is -2.40. The Morgan fingerprint density at radius 1 is 1.20 bits per heavy atom. The van der Waals surface area contributed by atoms with E-state index in [9.17, 15) is 9.59 Å². The van der Waals surface area contributed by atoms with Crippen molar-refractivity contribution in [2.24, 2.45) is 5.92 Å². The normalized spacial score (nSPS) is 12.9. The van der Waals surface area contributed by atoms with Crippen LogP contribution in [0.3, 0.4) is 0 Å².